The smallest absolute Gasteiger partial charge is 0.200 e. The van der Waals surface area contributed by atoms with Gasteiger partial charge in [-0.3, -0.25) is 0 Å². The van der Waals surface area contributed by atoms with E-state index in [4.69, 9.17) is 11.6 Å². The van der Waals surface area contributed by atoms with E-state index in [1.165, 1.54) is 19.2 Å². The number of aromatic nitrogens is 1. The van der Waals surface area contributed by atoms with Gasteiger partial charge in [0.05, 0.1) is 0 Å². The van der Waals surface area contributed by atoms with Crippen LogP contribution < -0.4 is 0 Å². The Kier molecular flexibility index (Phi) is 5.45. The zero-order valence-electron chi connectivity index (χ0n) is 13.1. The normalized spacial score (nSPS) is 12.8. The molecule has 2 rings (SSSR count). The van der Waals surface area contributed by atoms with Crippen molar-refractivity contribution in [1.29, 1.82) is 0 Å². The lowest BCUT2D eigenvalue weighted by molar-refractivity contribution is 0.367. The van der Waals surface area contributed by atoms with Crippen molar-refractivity contribution in [2.24, 2.45) is 0 Å². The Hall–Kier alpha value is -1.73. The van der Waals surface area contributed by atoms with E-state index in [-0.39, 0.29) is 5.15 Å². The van der Waals surface area contributed by atoms with Crippen molar-refractivity contribution in [2.45, 2.75) is 19.4 Å². The van der Waals surface area contributed by atoms with Gasteiger partial charge in [0.25, 0.3) is 0 Å². The standard InChI is InChI=1S/C16H14ClF5N2/c1-7(9-4-10(17)23-5-8(9)6-24(2)3)11-12(18)14(20)16(22)15(21)13(11)19/h4-5,7H,6H2,1-3H3. The molecule has 0 saturated carbocycles. The molecule has 2 aromatic rings. The third-order valence-electron chi connectivity index (χ3n) is 3.62. The molecule has 0 aliphatic heterocycles. The molecule has 0 aliphatic carbocycles. The van der Waals surface area contributed by atoms with Crippen LogP contribution in [0.2, 0.25) is 5.15 Å². The molecule has 1 aromatic carbocycles. The molecule has 24 heavy (non-hydrogen) atoms. The van der Waals surface area contributed by atoms with Crippen LogP contribution in [0.15, 0.2) is 12.3 Å². The first-order valence-electron chi connectivity index (χ1n) is 6.95. The number of hydrogen-bond acceptors (Lipinski definition) is 2. The summed E-state index contributed by atoms with van der Waals surface area (Å²) >= 11 is 5.83. The second-order valence-corrected chi connectivity index (χ2v) is 6.04. The van der Waals surface area contributed by atoms with Crippen LogP contribution in [-0.4, -0.2) is 24.0 Å². The minimum Gasteiger partial charge on any atom is -0.305 e. The SMILES string of the molecule is CC(c1cc(Cl)ncc1CN(C)C)c1c(F)c(F)c(F)c(F)c1F. The van der Waals surface area contributed by atoms with Gasteiger partial charge in [0.15, 0.2) is 23.3 Å². The van der Waals surface area contributed by atoms with Crippen LogP contribution >= 0.6 is 11.6 Å². The summed E-state index contributed by atoms with van der Waals surface area (Å²) in [6.07, 6.45) is 1.42. The Bertz CT molecular complexity index is 751. The summed E-state index contributed by atoms with van der Waals surface area (Å²) in [4.78, 5) is 5.68. The maximum atomic E-state index is 14.1. The molecule has 2 nitrogen and oxygen atoms in total. The highest BCUT2D eigenvalue weighted by Crippen LogP contribution is 2.35. The fourth-order valence-corrected chi connectivity index (χ4v) is 2.67. The van der Waals surface area contributed by atoms with Gasteiger partial charge in [-0.05, 0) is 31.3 Å². The van der Waals surface area contributed by atoms with Gasteiger partial charge in [-0.2, -0.15) is 0 Å². The Morgan fingerprint density at radius 3 is 2.00 bits per heavy atom. The van der Waals surface area contributed by atoms with Crippen LogP contribution in [0.25, 0.3) is 0 Å². The molecule has 8 heteroatoms. The number of hydrogen-bond donors (Lipinski definition) is 0. The van der Waals surface area contributed by atoms with Gasteiger partial charge in [0.2, 0.25) is 5.82 Å². The number of rotatable bonds is 4. The second kappa shape index (κ2) is 7.03. The monoisotopic (exact) mass is 364 g/mol. The van der Waals surface area contributed by atoms with E-state index < -0.39 is 40.6 Å². The molecular weight excluding hydrogens is 351 g/mol. The molecule has 0 bridgehead atoms. The summed E-state index contributed by atoms with van der Waals surface area (Å²) in [6, 6.07) is 1.36. The van der Waals surface area contributed by atoms with Gasteiger partial charge in [0, 0.05) is 24.2 Å². The lowest BCUT2D eigenvalue weighted by atomic mass is 9.89. The Morgan fingerprint density at radius 1 is 1.00 bits per heavy atom. The van der Waals surface area contributed by atoms with Gasteiger partial charge in [-0.15, -0.1) is 0 Å². The van der Waals surface area contributed by atoms with Gasteiger partial charge >= 0.3 is 0 Å². The molecule has 0 N–H and O–H groups in total. The first-order chi connectivity index (χ1) is 11.1. The molecule has 0 radical (unpaired) electrons. The molecule has 0 aliphatic rings. The number of halogens is 6. The Morgan fingerprint density at radius 2 is 1.50 bits per heavy atom. The van der Waals surface area contributed by atoms with E-state index in [9.17, 15) is 22.0 Å². The molecule has 0 fully saturated rings. The molecule has 130 valence electrons. The minimum absolute atomic E-state index is 0.0585. The van der Waals surface area contributed by atoms with E-state index in [1.54, 1.807) is 19.0 Å². The fraction of sp³-hybridized carbons (Fsp3) is 0.312. The number of nitrogens with zero attached hydrogens (tertiary/aromatic N) is 2. The van der Waals surface area contributed by atoms with Gasteiger partial charge in [-0.1, -0.05) is 18.5 Å². The maximum Gasteiger partial charge on any atom is 0.200 e. The van der Waals surface area contributed by atoms with E-state index in [1.807, 2.05) is 0 Å². The van der Waals surface area contributed by atoms with Crippen LogP contribution in [-0.2, 0) is 6.54 Å². The van der Waals surface area contributed by atoms with Gasteiger partial charge in [-0.25, -0.2) is 26.9 Å². The predicted octanol–water partition coefficient (Wildman–Crippen LogP) is 4.64. The zero-order chi connectivity index (χ0) is 18.2. The molecule has 0 amide bonds. The van der Waals surface area contributed by atoms with Crippen molar-refractivity contribution in [2.75, 3.05) is 14.1 Å². The summed E-state index contributed by atoms with van der Waals surface area (Å²) in [6.45, 7) is 1.71. The van der Waals surface area contributed by atoms with Crippen LogP contribution in [0.4, 0.5) is 22.0 Å². The predicted molar refractivity (Wildman–Crippen MR) is 80.4 cm³/mol. The first kappa shape index (κ1) is 18.6. The summed E-state index contributed by atoms with van der Waals surface area (Å²) < 4.78 is 68.2. The molecule has 0 spiro atoms. The largest absolute Gasteiger partial charge is 0.305 e. The highest BCUT2D eigenvalue weighted by Gasteiger charge is 2.30. The second-order valence-electron chi connectivity index (χ2n) is 5.65. The summed E-state index contributed by atoms with van der Waals surface area (Å²) in [5.74, 6) is -10.9. The molecule has 0 saturated heterocycles. The summed E-state index contributed by atoms with van der Waals surface area (Å²) in [5.41, 5.74) is 0.0152. The van der Waals surface area contributed by atoms with E-state index >= 15 is 0 Å². The third-order valence-corrected chi connectivity index (χ3v) is 3.83. The number of benzene rings is 1. The Balaban J connectivity index is 2.66. The van der Waals surface area contributed by atoms with Crippen LogP contribution in [0, 0.1) is 29.1 Å². The first-order valence-corrected chi connectivity index (χ1v) is 7.33. The number of pyridine rings is 1. The molecular formula is C16H14ClF5N2. The van der Waals surface area contributed by atoms with E-state index in [0.717, 1.165) is 0 Å². The van der Waals surface area contributed by atoms with Crippen molar-refractivity contribution in [3.05, 3.63) is 63.2 Å². The molecule has 1 aromatic heterocycles. The average molecular weight is 365 g/mol. The van der Waals surface area contributed by atoms with Crippen molar-refractivity contribution in [1.82, 2.24) is 9.88 Å². The fourth-order valence-electron chi connectivity index (χ4n) is 2.51. The quantitative estimate of drug-likeness (QED) is 0.340. The average Bonchev–Trinajstić information content (AvgIpc) is 2.52. The van der Waals surface area contributed by atoms with Crippen LogP contribution in [0.5, 0.6) is 0 Å². The molecule has 1 heterocycles. The van der Waals surface area contributed by atoms with Gasteiger partial charge in [0.1, 0.15) is 5.15 Å². The van der Waals surface area contributed by atoms with Crippen LogP contribution in [0.3, 0.4) is 0 Å². The third kappa shape index (κ3) is 3.37. The highest BCUT2D eigenvalue weighted by atomic mass is 35.5. The lowest BCUT2D eigenvalue weighted by Gasteiger charge is -2.20. The molecule has 1 atom stereocenters. The van der Waals surface area contributed by atoms with E-state index in [0.29, 0.717) is 17.7 Å². The Labute approximate surface area is 140 Å². The zero-order valence-corrected chi connectivity index (χ0v) is 13.9. The van der Waals surface area contributed by atoms with Crippen molar-refractivity contribution in [3.63, 3.8) is 0 Å². The topological polar surface area (TPSA) is 16.1 Å². The lowest BCUT2D eigenvalue weighted by Crippen LogP contribution is -2.16. The van der Waals surface area contributed by atoms with E-state index in [2.05, 4.69) is 4.98 Å². The van der Waals surface area contributed by atoms with Gasteiger partial charge < -0.3 is 4.90 Å². The van der Waals surface area contributed by atoms with Crippen molar-refractivity contribution >= 4 is 11.6 Å². The maximum absolute atomic E-state index is 14.1. The van der Waals surface area contributed by atoms with Crippen molar-refractivity contribution < 1.29 is 22.0 Å². The highest BCUT2D eigenvalue weighted by molar-refractivity contribution is 6.29. The van der Waals surface area contributed by atoms with Crippen molar-refractivity contribution in [3.8, 4) is 0 Å². The summed E-state index contributed by atoms with van der Waals surface area (Å²) in [7, 11) is 3.53. The molecule has 1 unspecified atom stereocenters. The minimum atomic E-state index is -2.18. The summed E-state index contributed by atoms with van der Waals surface area (Å²) in [5, 5.41) is 0.0585. The van der Waals surface area contributed by atoms with Crippen LogP contribution in [0.1, 0.15) is 29.5 Å².